The van der Waals surface area contributed by atoms with Crippen molar-refractivity contribution in [1.29, 1.82) is 0 Å². The van der Waals surface area contributed by atoms with Crippen molar-refractivity contribution in [3.8, 4) is 11.5 Å². The van der Waals surface area contributed by atoms with Gasteiger partial charge in [0.15, 0.2) is 5.76 Å². The minimum absolute atomic E-state index is 0.123. The monoisotopic (exact) mass is 480 g/mol. The average molecular weight is 482 g/mol. The summed E-state index contributed by atoms with van der Waals surface area (Å²) in [6.07, 6.45) is 1.43. The number of halogens is 3. The second-order valence-electron chi connectivity index (χ2n) is 7.23. The fraction of sp³-hybridized carbons (Fsp3) is 0.0400. The van der Waals surface area contributed by atoms with Gasteiger partial charge in [-0.2, -0.15) is 0 Å². The first-order valence-electron chi connectivity index (χ1n) is 9.79. The lowest BCUT2D eigenvalue weighted by molar-refractivity contribution is 0.101. The third-order valence-electron chi connectivity index (χ3n) is 5.23. The second-order valence-corrected chi connectivity index (χ2v) is 8.43. The van der Waals surface area contributed by atoms with Crippen LogP contribution in [0.4, 0.5) is 0 Å². The van der Waals surface area contributed by atoms with Gasteiger partial charge in [0.2, 0.25) is 11.7 Å². The van der Waals surface area contributed by atoms with Crippen molar-refractivity contribution in [3.63, 3.8) is 0 Å². The van der Waals surface area contributed by atoms with E-state index in [9.17, 15) is 4.79 Å². The van der Waals surface area contributed by atoms with Gasteiger partial charge in [0, 0.05) is 21.0 Å². The van der Waals surface area contributed by atoms with Crippen molar-refractivity contribution in [3.05, 3.63) is 111 Å². The number of benzene rings is 3. The molecule has 5 aromatic rings. The van der Waals surface area contributed by atoms with Crippen molar-refractivity contribution in [2.75, 3.05) is 0 Å². The number of hydrogen-bond donors (Lipinski definition) is 0. The third kappa shape index (κ3) is 3.71. The molecule has 5 rings (SSSR count). The lowest BCUT2D eigenvalue weighted by Crippen LogP contribution is -2.03. The first kappa shape index (κ1) is 20.8. The molecule has 2 heterocycles. The molecular weight excluding hydrogens is 467 g/mol. The number of ketones is 1. The van der Waals surface area contributed by atoms with Crippen molar-refractivity contribution >= 4 is 51.5 Å². The summed E-state index contributed by atoms with van der Waals surface area (Å²) in [6.45, 7) is 0.383. The summed E-state index contributed by atoms with van der Waals surface area (Å²) in [4.78, 5) is 17.7. The van der Waals surface area contributed by atoms with Crippen LogP contribution in [0, 0.1) is 0 Å². The Labute approximate surface area is 199 Å². The molecule has 0 bridgehead atoms. The zero-order valence-electron chi connectivity index (χ0n) is 16.6. The quantitative estimate of drug-likeness (QED) is 0.244. The zero-order chi connectivity index (χ0) is 22.2. The SMILES string of the molecule is O=C(c1cnc(-c2ccccc2)o1)c1c(Cl)n(Cc2ccc(Cl)cc2Cl)c2ccccc12. The maximum absolute atomic E-state index is 13.4. The Morgan fingerprint density at radius 2 is 1.69 bits per heavy atom. The molecule has 158 valence electrons. The van der Waals surface area contributed by atoms with E-state index >= 15 is 0 Å². The highest BCUT2D eigenvalue weighted by Crippen LogP contribution is 2.34. The van der Waals surface area contributed by atoms with E-state index in [2.05, 4.69) is 4.98 Å². The summed E-state index contributed by atoms with van der Waals surface area (Å²) in [7, 11) is 0. The van der Waals surface area contributed by atoms with Crippen molar-refractivity contribution in [2.24, 2.45) is 0 Å². The highest BCUT2D eigenvalue weighted by atomic mass is 35.5. The summed E-state index contributed by atoms with van der Waals surface area (Å²) >= 11 is 19.2. The van der Waals surface area contributed by atoms with Crippen molar-refractivity contribution < 1.29 is 9.21 Å². The van der Waals surface area contributed by atoms with Gasteiger partial charge in [-0.15, -0.1) is 0 Å². The largest absolute Gasteiger partial charge is 0.433 e. The normalized spacial score (nSPS) is 11.2. The predicted octanol–water partition coefficient (Wildman–Crippen LogP) is 7.54. The van der Waals surface area contributed by atoms with Gasteiger partial charge in [-0.25, -0.2) is 4.98 Å². The Bertz CT molecular complexity index is 1460. The van der Waals surface area contributed by atoms with Gasteiger partial charge >= 0.3 is 0 Å². The molecule has 0 aliphatic rings. The molecule has 0 fully saturated rings. The Hall–Kier alpha value is -3.05. The number of oxazole rings is 1. The van der Waals surface area contributed by atoms with E-state index in [4.69, 9.17) is 39.2 Å². The summed E-state index contributed by atoms with van der Waals surface area (Å²) in [5, 5.41) is 2.12. The fourth-order valence-electron chi connectivity index (χ4n) is 3.68. The highest BCUT2D eigenvalue weighted by molar-refractivity contribution is 6.37. The van der Waals surface area contributed by atoms with E-state index in [1.807, 2.05) is 65.2 Å². The summed E-state index contributed by atoms with van der Waals surface area (Å²) < 4.78 is 7.64. The smallest absolute Gasteiger partial charge is 0.233 e. The molecule has 0 saturated carbocycles. The molecule has 32 heavy (non-hydrogen) atoms. The van der Waals surface area contributed by atoms with Gasteiger partial charge in [-0.05, 0) is 35.9 Å². The van der Waals surface area contributed by atoms with E-state index in [1.54, 1.807) is 12.1 Å². The molecule has 0 spiro atoms. The van der Waals surface area contributed by atoms with E-state index in [0.717, 1.165) is 22.0 Å². The number of nitrogens with zero attached hydrogens (tertiary/aromatic N) is 2. The summed E-state index contributed by atoms with van der Waals surface area (Å²) in [5.41, 5.74) is 2.80. The lowest BCUT2D eigenvalue weighted by atomic mass is 10.1. The molecule has 3 aromatic carbocycles. The highest BCUT2D eigenvalue weighted by Gasteiger charge is 2.25. The van der Waals surface area contributed by atoms with Crippen LogP contribution >= 0.6 is 34.8 Å². The number of fused-ring (bicyclic) bond motifs is 1. The Morgan fingerprint density at radius 3 is 2.47 bits per heavy atom. The predicted molar refractivity (Wildman–Crippen MR) is 128 cm³/mol. The van der Waals surface area contributed by atoms with Gasteiger partial charge in [-0.1, -0.05) is 77.3 Å². The van der Waals surface area contributed by atoms with E-state index in [-0.39, 0.29) is 11.5 Å². The van der Waals surface area contributed by atoms with E-state index in [0.29, 0.717) is 33.2 Å². The molecule has 0 aliphatic carbocycles. The molecule has 0 saturated heterocycles. The molecule has 0 N–H and O–H groups in total. The van der Waals surface area contributed by atoms with Crippen LogP contribution in [0.2, 0.25) is 15.2 Å². The number of carbonyl (C=O) groups is 1. The van der Waals surface area contributed by atoms with Gasteiger partial charge in [0.1, 0.15) is 5.15 Å². The van der Waals surface area contributed by atoms with Crippen LogP contribution < -0.4 is 0 Å². The van der Waals surface area contributed by atoms with Crippen LogP contribution in [-0.4, -0.2) is 15.3 Å². The van der Waals surface area contributed by atoms with E-state index in [1.165, 1.54) is 6.20 Å². The summed E-state index contributed by atoms with van der Waals surface area (Å²) in [5.74, 6) is 0.168. The molecule has 0 unspecified atom stereocenters. The van der Waals surface area contributed by atoms with Gasteiger partial charge in [0.05, 0.1) is 23.8 Å². The number of rotatable bonds is 5. The molecular formula is C25H15Cl3N2O2. The van der Waals surface area contributed by atoms with Crippen LogP contribution in [0.1, 0.15) is 21.7 Å². The molecule has 0 radical (unpaired) electrons. The fourth-order valence-corrected chi connectivity index (χ4v) is 4.49. The Balaban J connectivity index is 1.58. The second kappa shape index (κ2) is 8.47. The number of hydrogen-bond acceptors (Lipinski definition) is 3. The van der Waals surface area contributed by atoms with Crippen molar-refractivity contribution in [2.45, 2.75) is 6.54 Å². The lowest BCUT2D eigenvalue weighted by Gasteiger charge is -2.09. The average Bonchev–Trinajstić information content (AvgIpc) is 3.40. The van der Waals surface area contributed by atoms with E-state index < -0.39 is 0 Å². The maximum atomic E-state index is 13.4. The third-order valence-corrected chi connectivity index (χ3v) is 6.21. The molecule has 0 amide bonds. The Morgan fingerprint density at radius 1 is 0.938 bits per heavy atom. The Kier molecular flexibility index (Phi) is 5.51. The molecule has 4 nitrogen and oxygen atoms in total. The van der Waals surface area contributed by atoms with Gasteiger partial charge in [-0.3, -0.25) is 4.79 Å². The molecule has 0 aliphatic heterocycles. The number of aromatic nitrogens is 2. The van der Waals surface area contributed by atoms with Gasteiger partial charge < -0.3 is 8.98 Å². The zero-order valence-corrected chi connectivity index (χ0v) is 18.8. The van der Waals surface area contributed by atoms with Crippen molar-refractivity contribution in [1.82, 2.24) is 9.55 Å². The maximum Gasteiger partial charge on any atom is 0.233 e. The number of carbonyl (C=O) groups excluding carboxylic acids is 1. The van der Waals surface area contributed by atoms with Crippen LogP contribution in [0.5, 0.6) is 0 Å². The minimum atomic E-state index is -0.332. The minimum Gasteiger partial charge on any atom is -0.433 e. The van der Waals surface area contributed by atoms with Crippen LogP contribution in [0.3, 0.4) is 0 Å². The topological polar surface area (TPSA) is 48.0 Å². The van der Waals surface area contributed by atoms with Crippen LogP contribution in [0.15, 0.2) is 83.4 Å². The first-order chi connectivity index (χ1) is 15.5. The van der Waals surface area contributed by atoms with Crippen LogP contribution in [-0.2, 0) is 6.54 Å². The van der Waals surface area contributed by atoms with Crippen LogP contribution in [0.25, 0.3) is 22.4 Å². The molecule has 7 heteroatoms. The van der Waals surface area contributed by atoms with Gasteiger partial charge in [0.25, 0.3) is 0 Å². The molecule has 2 aromatic heterocycles. The first-order valence-corrected chi connectivity index (χ1v) is 10.9. The summed E-state index contributed by atoms with van der Waals surface area (Å²) in [6, 6.07) is 22.3. The molecule has 0 atom stereocenters. The number of para-hydroxylation sites is 1. The standard InChI is InChI=1S/C25H15Cl3N2O2/c26-17-11-10-16(19(27)12-17)14-30-20-9-5-4-8-18(20)22(24(30)28)23(31)21-13-29-25(32-21)15-6-2-1-3-7-15/h1-13H,14H2.